The molecule has 0 saturated carbocycles. The Morgan fingerprint density at radius 1 is 0.609 bits per heavy atom. The summed E-state index contributed by atoms with van der Waals surface area (Å²) in [5, 5.41) is 15.3. The van der Waals surface area contributed by atoms with Crippen molar-refractivity contribution < 1.29 is 29.0 Å². The number of carboxylic acid groups (broad SMARTS) is 1. The smallest absolute Gasteiger partial charge is 0.337 e. The highest BCUT2D eigenvalue weighted by Gasteiger charge is 2.05. The number of anilines is 3. The van der Waals surface area contributed by atoms with Crippen LogP contribution in [0.15, 0.2) is 97.1 Å². The predicted octanol–water partition coefficient (Wildman–Crippen LogP) is 7.88. The number of ether oxygens (including phenoxy) is 2. The third kappa shape index (κ3) is 11.8. The van der Waals surface area contributed by atoms with Crippen LogP contribution >= 0.6 is 22.7 Å². The van der Waals surface area contributed by atoms with Crippen molar-refractivity contribution in [3.63, 3.8) is 0 Å². The van der Waals surface area contributed by atoms with Crippen LogP contribution in [0.2, 0.25) is 0 Å². The minimum Gasteiger partial charge on any atom is -0.478 e. The first kappa shape index (κ1) is 35.4. The van der Waals surface area contributed by atoms with Crippen LogP contribution in [0.3, 0.4) is 0 Å². The Morgan fingerprint density at radius 2 is 0.978 bits per heavy atom. The van der Waals surface area contributed by atoms with Crippen molar-refractivity contribution in [1.29, 1.82) is 0 Å². The van der Waals surface area contributed by atoms with Gasteiger partial charge in [-0.1, -0.05) is 0 Å². The number of nitrogens with two attached hydrogens (primary N) is 1. The Kier molecular flexibility index (Phi) is 13.8. The number of carboxylic acids is 1. The number of benzene rings is 3. The molecule has 11 heteroatoms. The van der Waals surface area contributed by atoms with E-state index in [1.54, 1.807) is 83.3 Å². The number of esters is 2. The Balaban J connectivity index is 0.000000194. The zero-order chi connectivity index (χ0) is 33.5. The van der Waals surface area contributed by atoms with Crippen molar-refractivity contribution >= 4 is 57.6 Å². The van der Waals surface area contributed by atoms with E-state index < -0.39 is 5.97 Å². The van der Waals surface area contributed by atoms with Crippen molar-refractivity contribution in [2.24, 2.45) is 0 Å². The monoisotopic (exact) mass is 659 g/mol. The van der Waals surface area contributed by atoms with Crippen LogP contribution < -0.4 is 16.4 Å². The van der Waals surface area contributed by atoms with Crippen molar-refractivity contribution in [3.8, 4) is 0 Å². The maximum Gasteiger partial charge on any atom is 0.337 e. The van der Waals surface area contributed by atoms with Crippen molar-refractivity contribution in [1.82, 2.24) is 0 Å². The number of nitrogen functional groups attached to an aromatic ring is 1. The summed E-state index contributed by atoms with van der Waals surface area (Å²) in [5.41, 5.74) is 9.37. The average molecular weight is 660 g/mol. The van der Waals surface area contributed by atoms with Crippen LogP contribution in [-0.2, 0) is 22.6 Å². The standard InChI is InChI=1S/C14H15NO2S.C13H13NO2S.C8H9NO2/c1-10-3-8-13(18-10)9-15-12-6-4-11(5-7-12)14(16)17-2;1-9-2-7-12(17-9)8-14-11-5-3-10(4-6-11)13(15)16;1-11-8(10)6-2-4-7(9)5-3-6/h3-8,15H,9H2,1-2H3;2-7,14H,8H2,1H3,(H,15,16);2-5H,9H2,1H3. The number of hydrogen-bond acceptors (Lipinski definition) is 10. The number of methoxy groups -OCH3 is 2. The van der Waals surface area contributed by atoms with E-state index in [-0.39, 0.29) is 11.9 Å². The van der Waals surface area contributed by atoms with Crippen LogP contribution in [0.1, 0.15) is 50.6 Å². The molecular weight excluding hydrogens is 623 g/mol. The van der Waals surface area contributed by atoms with Crippen molar-refractivity contribution in [2.75, 3.05) is 30.6 Å². The first-order valence-electron chi connectivity index (χ1n) is 14.1. The number of aryl methyl sites for hydroxylation is 2. The summed E-state index contributed by atoms with van der Waals surface area (Å²) in [6.07, 6.45) is 0. The second-order valence-corrected chi connectivity index (χ2v) is 12.5. The van der Waals surface area contributed by atoms with Crippen molar-refractivity contribution in [2.45, 2.75) is 26.9 Å². The van der Waals surface area contributed by atoms with E-state index in [1.807, 2.05) is 12.1 Å². The molecule has 0 unspecified atom stereocenters. The fourth-order valence-electron chi connectivity index (χ4n) is 3.85. The van der Waals surface area contributed by atoms with Gasteiger partial charge in [-0.15, -0.1) is 22.7 Å². The van der Waals surface area contributed by atoms with Gasteiger partial charge in [0.25, 0.3) is 0 Å². The number of carbonyl (C=O) groups is 3. The molecule has 9 nitrogen and oxygen atoms in total. The lowest BCUT2D eigenvalue weighted by Gasteiger charge is -2.05. The van der Waals surface area contributed by atoms with E-state index in [0.717, 1.165) is 24.5 Å². The molecular formula is C35H37N3O6S2. The Morgan fingerprint density at radius 3 is 1.30 bits per heavy atom. The molecule has 5 rings (SSSR count). The molecule has 0 aliphatic carbocycles. The van der Waals surface area contributed by atoms with E-state index in [2.05, 4.69) is 58.2 Å². The first-order valence-corrected chi connectivity index (χ1v) is 15.7. The summed E-state index contributed by atoms with van der Waals surface area (Å²) in [4.78, 5) is 38.0. The molecule has 0 saturated heterocycles. The third-order valence-electron chi connectivity index (χ3n) is 6.30. The third-order valence-corrected chi connectivity index (χ3v) is 8.30. The van der Waals surface area contributed by atoms with Gasteiger partial charge in [0.2, 0.25) is 0 Å². The van der Waals surface area contributed by atoms with Gasteiger partial charge >= 0.3 is 17.9 Å². The van der Waals surface area contributed by atoms with Gasteiger partial charge in [0.15, 0.2) is 0 Å². The lowest BCUT2D eigenvalue weighted by Crippen LogP contribution is -2.02. The van der Waals surface area contributed by atoms with Crippen LogP contribution in [0.5, 0.6) is 0 Å². The van der Waals surface area contributed by atoms with Gasteiger partial charge in [0.05, 0.1) is 30.9 Å². The van der Waals surface area contributed by atoms with Crippen LogP contribution in [-0.4, -0.2) is 37.2 Å². The lowest BCUT2D eigenvalue weighted by molar-refractivity contribution is 0.0592. The van der Waals surface area contributed by atoms with Crippen LogP contribution in [0, 0.1) is 13.8 Å². The molecule has 0 aliphatic rings. The Labute approximate surface area is 276 Å². The highest BCUT2D eigenvalue weighted by Crippen LogP contribution is 2.19. The molecule has 5 N–H and O–H groups in total. The maximum atomic E-state index is 11.3. The van der Waals surface area contributed by atoms with Gasteiger partial charge in [0.1, 0.15) is 0 Å². The molecule has 0 bridgehead atoms. The van der Waals surface area contributed by atoms with E-state index in [0.29, 0.717) is 22.4 Å². The quantitative estimate of drug-likeness (QED) is 0.0919. The van der Waals surface area contributed by atoms with Gasteiger partial charge in [-0.05, 0) is 111 Å². The number of aromatic carboxylic acids is 1. The normalized spacial score (nSPS) is 9.91. The number of thiophene rings is 2. The van der Waals surface area contributed by atoms with E-state index in [1.165, 1.54) is 33.7 Å². The molecule has 3 aromatic carbocycles. The zero-order valence-electron chi connectivity index (χ0n) is 26.0. The van der Waals surface area contributed by atoms with E-state index in [4.69, 9.17) is 10.8 Å². The number of nitrogens with one attached hydrogen (secondary N) is 2. The van der Waals surface area contributed by atoms with Gasteiger partial charge in [-0.25, -0.2) is 14.4 Å². The fourth-order valence-corrected chi connectivity index (χ4v) is 5.51. The molecule has 2 heterocycles. The first-order chi connectivity index (χ1) is 22.1. The largest absolute Gasteiger partial charge is 0.478 e. The summed E-state index contributed by atoms with van der Waals surface area (Å²) in [6, 6.07) is 29.0. The van der Waals surface area contributed by atoms with Crippen LogP contribution in [0.25, 0.3) is 0 Å². The minimum absolute atomic E-state index is 0.308. The Bertz CT molecular complexity index is 1700. The van der Waals surface area contributed by atoms with Gasteiger partial charge in [0, 0.05) is 49.7 Å². The summed E-state index contributed by atoms with van der Waals surface area (Å²) in [7, 11) is 2.73. The number of carbonyl (C=O) groups excluding carboxylic acids is 2. The minimum atomic E-state index is -0.898. The van der Waals surface area contributed by atoms with E-state index >= 15 is 0 Å². The summed E-state index contributed by atoms with van der Waals surface area (Å²) in [6.45, 7) is 5.75. The summed E-state index contributed by atoms with van der Waals surface area (Å²) < 4.78 is 9.15. The second kappa shape index (κ2) is 18.0. The van der Waals surface area contributed by atoms with Gasteiger partial charge in [-0.3, -0.25) is 0 Å². The fraction of sp³-hybridized carbons (Fsp3) is 0.171. The molecule has 0 radical (unpaired) electrons. The lowest BCUT2D eigenvalue weighted by atomic mass is 10.2. The highest BCUT2D eigenvalue weighted by atomic mass is 32.1. The molecule has 240 valence electrons. The average Bonchev–Trinajstić information content (AvgIpc) is 3.70. The van der Waals surface area contributed by atoms with Gasteiger partial charge in [-0.2, -0.15) is 0 Å². The zero-order valence-corrected chi connectivity index (χ0v) is 27.7. The molecule has 2 aromatic heterocycles. The predicted molar refractivity (Wildman–Crippen MR) is 186 cm³/mol. The number of hydrogen-bond donors (Lipinski definition) is 4. The second-order valence-electron chi connectivity index (χ2n) is 9.80. The molecule has 0 atom stereocenters. The molecule has 0 fully saturated rings. The summed E-state index contributed by atoms with van der Waals surface area (Å²) >= 11 is 3.54. The molecule has 0 aliphatic heterocycles. The molecule has 46 heavy (non-hydrogen) atoms. The molecule has 5 aromatic rings. The highest BCUT2D eigenvalue weighted by molar-refractivity contribution is 7.12. The molecule has 0 amide bonds. The van der Waals surface area contributed by atoms with Gasteiger partial charge < -0.3 is 30.9 Å². The summed E-state index contributed by atoms with van der Waals surface area (Å²) in [5.74, 6) is -1.55. The maximum absolute atomic E-state index is 11.3. The topological polar surface area (TPSA) is 140 Å². The molecule has 0 spiro atoms. The Hall–Kier alpha value is -5.13. The van der Waals surface area contributed by atoms with Crippen molar-refractivity contribution in [3.05, 3.63) is 133 Å². The number of rotatable bonds is 9. The van der Waals surface area contributed by atoms with E-state index in [9.17, 15) is 14.4 Å². The van der Waals surface area contributed by atoms with Crippen LogP contribution in [0.4, 0.5) is 17.1 Å². The SMILES string of the molecule is COC(=O)c1ccc(N)cc1.COC(=O)c1ccc(NCc2ccc(C)s2)cc1.Cc1ccc(CNc2ccc(C(=O)O)cc2)s1.